The Balaban J connectivity index is 1.96. The topological polar surface area (TPSA) is 64.4 Å². The minimum absolute atomic E-state index is 0.0297. The molecule has 0 spiro atoms. The number of amides is 1. The number of rotatable bonds is 4. The van der Waals surface area contributed by atoms with Crippen molar-refractivity contribution < 1.29 is 13.9 Å². The molecule has 1 heterocycles. The number of nitrogens with zero attached hydrogens (tertiary/aromatic N) is 1. The van der Waals surface area contributed by atoms with E-state index in [-0.39, 0.29) is 11.9 Å². The van der Waals surface area contributed by atoms with E-state index in [1.165, 1.54) is 13.3 Å². The standard InChI is InChI=1S/C12H14N2O3/c1-8(14-9(2)15)6-16-10-3-4-11-12(5-10)17-7-13-11/h3-5,7-8H,6H2,1-2H3,(H,14,15)/t8-/m0/s1. The van der Waals surface area contributed by atoms with Gasteiger partial charge in [0.2, 0.25) is 5.91 Å². The van der Waals surface area contributed by atoms with Gasteiger partial charge in [0.15, 0.2) is 12.0 Å². The molecule has 0 saturated carbocycles. The number of carbonyl (C=O) groups is 1. The van der Waals surface area contributed by atoms with Gasteiger partial charge in [-0.15, -0.1) is 0 Å². The molecule has 0 radical (unpaired) electrons. The third-order valence-electron chi connectivity index (χ3n) is 2.25. The molecule has 2 aromatic rings. The lowest BCUT2D eigenvalue weighted by atomic mass is 10.3. The van der Waals surface area contributed by atoms with Gasteiger partial charge < -0.3 is 14.5 Å². The fraction of sp³-hybridized carbons (Fsp3) is 0.333. The highest BCUT2D eigenvalue weighted by Gasteiger charge is 2.05. The van der Waals surface area contributed by atoms with Crippen LogP contribution in [0, 0.1) is 0 Å². The lowest BCUT2D eigenvalue weighted by Crippen LogP contribution is -2.35. The van der Waals surface area contributed by atoms with E-state index in [2.05, 4.69) is 10.3 Å². The largest absolute Gasteiger partial charge is 0.491 e. The second kappa shape index (κ2) is 4.86. The Kier molecular flexibility index (Phi) is 3.27. The Bertz CT molecular complexity index is 521. The first-order valence-electron chi connectivity index (χ1n) is 5.38. The maximum absolute atomic E-state index is 10.8. The van der Waals surface area contributed by atoms with Gasteiger partial charge in [-0.2, -0.15) is 0 Å². The van der Waals surface area contributed by atoms with Crippen LogP contribution in [0.4, 0.5) is 0 Å². The van der Waals surface area contributed by atoms with Crippen LogP contribution in [-0.4, -0.2) is 23.5 Å². The van der Waals surface area contributed by atoms with Crippen LogP contribution >= 0.6 is 0 Å². The molecule has 5 nitrogen and oxygen atoms in total. The van der Waals surface area contributed by atoms with Crippen LogP contribution in [0.5, 0.6) is 5.75 Å². The molecular formula is C12H14N2O3. The second-order valence-corrected chi connectivity index (χ2v) is 3.89. The first-order chi connectivity index (χ1) is 8.15. The number of fused-ring (bicyclic) bond motifs is 1. The average Bonchev–Trinajstić information content (AvgIpc) is 2.72. The first-order valence-corrected chi connectivity index (χ1v) is 5.38. The van der Waals surface area contributed by atoms with E-state index in [1.807, 2.05) is 19.1 Å². The van der Waals surface area contributed by atoms with Crippen LogP contribution in [0.1, 0.15) is 13.8 Å². The Morgan fingerprint density at radius 3 is 3.18 bits per heavy atom. The van der Waals surface area contributed by atoms with E-state index < -0.39 is 0 Å². The normalized spacial score (nSPS) is 12.4. The van der Waals surface area contributed by atoms with Crippen LogP contribution in [-0.2, 0) is 4.79 Å². The van der Waals surface area contributed by atoms with E-state index in [0.717, 1.165) is 5.52 Å². The third-order valence-corrected chi connectivity index (χ3v) is 2.25. The summed E-state index contributed by atoms with van der Waals surface area (Å²) in [6, 6.07) is 5.41. The molecule has 1 atom stereocenters. The van der Waals surface area contributed by atoms with Crippen LogP contribution < -0.4 is 10.1 Å². The molecule has 1 amide bonds. The summed E-state index contributed by atoms with van der Waals surface area (Å²) >= 11 is 0. The van der Waals surface area contributed by atoms with Crippen molar-refractivity contribution in [3.63, 3.8) is 0 Å². The maximum atomic E-state index is 10.8. The second-order valence-electron chi connectivity index (χ2n) is 3.89. The van der Waals surface area contributed by atoms with E-state index in [0.29, 0.717) is 17.9 Å². The van der Waals surface area contributed by atoms with E-state index in [4.69, 9.17) is 9.15 Å². The van der Waals surface area contributed by atoms with Gasteiger partial charge in [-0.05, 0) is 19.1 Å². The Labute approximate surface area is 98.8 Å². The van der Waals surface area contributed by atoms with Gasteiger partial charge in [0.05, 0.1) is 6.04 Å². The summed E-state index contributed by atoms with van der Waals surface area (Å²) in [6.45, 7) is 3.78. The summed E-state index contributed by atoms with van der Waals surface area (Å²) in [4.78, 5) is 14.8. The summed E-state index contributed by atoms with van der Waals surface area (Å²) < 4.78 is 10.7. The molecule has 17 heavy (non-hydrogen) atoms. The van der Waals surface area contributed by atoms with Gasteiger partial charge in [-0.3, -0.25) is 4.79 Å². The number of nitrogens with one attached hydrogen (secondary N) is 1. The van der Waals surface area contributed by atoms with Crippen LogP contribution in [0.15, 0.2) is 29.0 Å². The van der Waals surface area contributed by atoms with Gasteiger partial charge in [-0.1, -0.05) is 0 Å². The molecule has 1 aromatic heterocycles. The van der Waals surface area contributed by atoms with Crippen molar-refractivity contribution in [2.45, 2.75) is 19.9 Å². The fourth-order valence-electron chi connectivity index (χ4n) is 1.54. The zero-order valence-corrected chi connectivity index (χ0v) is 9.77. The highest BCUT2D eigenvalue weighted by Crippen LogP contribution is 2.19. The van der Waals surface area contributed by atoms with Crippen molar-refractivity contribution in [3.05, 3.63) is 24.6 Å². The molecular weight excluding hydrogens is 220 g/mol. The molecule has 90 valence electrons. The maximum Gasteiger partial charge on any atom is 0.217 e. The Morgan fingerprint density at radius 2 is 2.41 bits per heavy atom. The van der Waals surface area contributed by atoms with Crippen molar-refractivity contribution in [1.82, 2.24) is 10.3 Å². The van der Waals surface area contributed by atoms with Crippen LogP contribution in [0.25, 0.3) is 11.1 Å². The predicted octanol–water partition coefficient (Wildman–Crippen LogP) is 1.73. The van der Waals surface area contributed by atoms with Gasteiger partial charge in [0.25, 0.3) is 0 Å². The lowest BCUT2D eigenvalue weighted by molar-refractivity contribution is -0.119. The van der Waals surface area contributed by atoms with Crippen molar-refractivity contribution in [2.24, 2.45) is 0 Å². The summed E-state index contributed by atoms with van der Waals surface area (Å²) in [6.07, 6.45) is 1.40. The number of hydrogen-bond acceptors (Lipinski definition) is 4. The lowest BCUT2D eigenvalue weighted by Gasteiger charge is -2.13. The SMILES string of the molecule is CC(=O)N[C@@H](C)COc1ccc2ncoc2c1. The zero-order chi connectivity index (χ0) is 12.3. The first kappa shape index (κ1) is 11.4. The molecule has 2 rings (SSSR count). The van der Waals surface area contributed by atoms with Crippen molar-refractivity contribution in [2.75, 3.05) is 6.61 Å². The van der Waals surface area contributed by atoms with Crippen LogP contribution in [0.2, 0.25) is 0 Å². The fourth-order valence-corrected chi connectivity index (χ4v) is 1.54. The highest BCUT2D eigenvalue weighted by molar-refractivity contribution is 5.74. The van der Waals surface area contributed by atoms with Gasteiger partial charge >= 0.3 is 0 Å². The van der Waals surface area contributed by atoms with Crippen LogP contribution in [0.3, 0.4) is 0 Å². The number of oxazole rings is 1. The third kappa shape index (κ3) is 2.96. The minimum atomic E-state index is -0.0632. The molecule has 0 unspecified atom stereocenters. The average molecular weight is 234 g/mol. The number of benzene rings is 1. The molecule has 0 fully saturated rings. The van der Waals surface area contributed by atoms with Gasteiger partial charge in [0, 0.05) is 13.0 Å². The Morgan fingerprint density at radius 1 is 1.59 bits per heavy atom. The quantitative estimate of drug-likeness (QED) is 0.875. The van der Waals surface area contributed by atoms with Gasteiger partial charge in [-0.25, -0.2) is 4.98 Å². The van der Waals surface area contributed by atoms with Crippen molar-refractivity contribution in [3.8, 4) is 5.75 Å². The molecule has 0 saturated heterocycles. The molecule has 0 bridgehead atoms. The zero-order valence-electron chi connectivity index (χ0n) is 9.77. The number of aromatic nitrogens is 1. The van der Waals surface area contributed by atoms with Crippen molar-refractivity contribution >= 4 is 17.0 Å². The summed E-state index contributed by atoms with van der Waals surface area (Å²) in [7, 11) is 0. The number of carbonyl (C=O) groups excluding carboxylic acids is 1. The Hall–Kier alpha value is -2.04. The smallest absolute Gasteiger partial charge is 0.217 e. The molecule has 1 N–H and O–H groups in total. The minimum Gasteiger partial charge on any atom is -0.491 e. The van der Waals surface area contributed by atoms with Crippen molar-refractivity contribution in [1.29, 1.82) is 0 Å². The van der Waals surface area contributed by atoms with E-state index >= 15 is 0 Å². The van der Waals surface area contributed by atoms with E-state index in [9.17, 15) is 4.79 Å². The molecule has 0 aliphatic heterocycles. The summed E-state index contributed by atoms with van der Waals surface area (Å²) in [5, 5.41) is 2.75. The summed E-state index contributed by atoms with van der Waals surface area (Å²) in [5.41, 5.74) is 1.49. The molecule has 1 aromatic carbocycles. The van der Waals surface area contributed by atoms with E-state index in [1.54, 1.807) is 6.07 Å². The number of hydrogen-bond donors (Lipinski definition) is 1. The molecule has 0 aliphatic rings. The number of ether oxygens (including phenoxy) is 1. The molecule has 5 heteroatoms. The summed E-state index contributed by atoms with van der Waals surface area (Å²) in [5.74, 6) is 0.637. The molecule has 0 aliphatic carbocycles. The monoisotopic (exact) mass is 234 g/mol. The van der Waals surface area contributed by atoms with Gasteiger partial charge in [0.1, 0.15) is 17.9 Å². The predicted molar refractivity (Wildman–Crippen MR) is 62.8 cm³/mol. The highest BCUT2D eigenvalue weighted by atomic mass is 16.5.